The minimum atomic E-state index is -0.651. The van der Waals surface area contributed by atoms with Crippen LogP contribution in [0.5, 0.6) is 0 Å². The van der Waals surface area contributed by atoms with E-state index in [9.17, 15) is 9.59 Å². The number of anilines is 1. The summed E-state index contributed by atoms with van der Waals surface area (Å²) in [5.74, 6) is -0.171. The minimum Gasteiger partial charge on any atom is -0.369 e. The quantitative estimate of drug-likeness (QED) is 0.830. The van der Waals surface area contributed by atoms with E-state index in [1.54, 1.807) is 19.2 Å². The van der Waals surface area contributed by atoms with Crippen LogP contribution < -0.4 is 11.1 Å². The molecule has 2 amide bonds. The van der Waals surface area contributed by atoms with E-state index in [1.807, 2.05) is 18.2 Å². The van der Waals surface area contributed by atoms with Crippen LogP contribution >= 0.6 is 11.6 Å². The van der Waals surface area contributed by atoms with E-state index in [2.05, 4.69) is 15.3 Å². The molecule has 1 aliphatic heterocycles. The summed E-state index contributed by atoms with van der Waals surface area (Å²) in [5.41, 5.74) is 8.25. The van der Waals surface area contributed by atoms with Crippen molar-refractivity contribution in [3.63, 3.8) is 0 Å². The Balaban J connectivity index is 1.65. The molecule has 138 valence electrons. The number of pyridine rings is 1. The second-order valence-electron chi connectivity index (χ2n) is 6.82. The van der Waals surface area contributed by atoms with Gasteiger partial charge in [-0.15, -0.1) is 0 Å². The number of benzene rings is 1. The summed E-state index contributed by atoms with van der Waals surface area (Å²) in [7, 11) is 1.62. The fraction of sp³-hybridized carbons (Fsp3) is 0.263. The maximum absolute atomic E-state index is 12.4. The number of nitrogens with two attached hydrogens (primary N) is 1. The van der Waals surface area contributed by atoms with Crippen molar-refractivity contribution in [2.75, 3.05) is 12.4 Å². The number of guanidine groups is 1. The largest absolute Gasteiger partial charge is 0.369 e. The summed E-state index contributed by atoms with van der Waals surface area (Å²) >= 11 is 5.81. The molecule has 2 heterocycles. The predicted octanol–water partition coefficient (Wildman–Crippen LogP) is 2.31. The lowest BCUT2D eigenvalue weighted by Crippen LogP contribution is -2.47. The molecule has 2 aromatic rings. The standard InChI is InChI=1S/C19H18ClN5O2/c1-25-16(26)9-19(24-18(25)21)7-6-11-2-4-13(8-14(11)19)23-17(27)15-5-3-12(20)10-22-15/h2-5,8,10H,6-7,9H2,1H3,(H2,21,24)(H,23,27)/t19-/m0/s1. The van der Waals surface area contributed by atoms with E-state index in [0.29, 0.717) is 10.7 Å². The monoisotopic (exact) mass is 383 g/mol. The first-order valence-corrected chi connectivity index (χ1v) is 8.94. The number of carbonyl (C=O) groups is 2. The van der Waals surface area contributed by atoms with E-state index < -0.39 is 5.54 Å². The van der Waals surface area contributed by atoms with Crippen molar-refractivity contribution in [3.8, 4) is 0 Å². The molecule has 1 spiro atoms. The van der Waals surface area contributed by atoms with Gasteiger partial charge in [-0.3, -0.25) is 14.5 Å². The summed E-state index contributed by atoms with van der Waals surface area (Å²) in [4.78, 5) is 34.8. The Labute approximate surface area is 161 Å². The molecule has 0 saturated heterocycles. The lowest BCUT2D eigenvalue weighted by Gasteiger charge is -2.34. The normalized spacial score (nSPS) is 21.2. The third-order valence-electron chi connectivity index (χ3n) is 5.13. The fourth-order valence-corrected chi connectivity index (χ4v) is 3.73. The molecule has 2 aliphatic rings. The topological polar surface area (TPSA) is 101 Å². The molecule has 1 aromatic carbocycles. The average molecular weight is 384 g/mol. The van der Waals surface area contributed by atoms with Gasteiger partial charge in [-0.05, 0) is 48.2 Å². The van der Waals surface area contributed by atoms with Gasteiger partial charge in [-0.25, -0.2) is 9.98 Å². The number of nitrogens with zero attached hydrogens (tertiary/aromatic N) is 3. The van der Waals surface area contributed by atoms with Crippen LogP contribution in [0, 0.1) is 0 Å². The molecule has 0 radical (unpaired) electrons. The molecule has 4 rings (SSSR count). The van der Waals surface area contributed by atoms with Crippen LogP contribution in [-0.2, 0) is 16.8 Å². The number of rotatable bonds is 2. The lowest BCUT2D eigenvalue weighted by molar-refractivity contribution is -0.128. The Kier molecular flexibility index (Phi) is 4.11. The molecule has 8 heteroatoms. The molecule has 0 saturated carbocycles. The Morgan fingerprint density at radius 2 is 2.15 bits per heavy atom. The number of aryl methyl sites for hydroxylation is 1. The van der Waals surface area contributed by atoms with Gasteiger partial charge in [0.1, 0.15) is 5.69 Å². The van der Waals surface area contributed by atoms with Gasteiger partial charge in [-0.1, -0.05) is 17.7 Å². The lowest BCUT2D eigenvalue weighted by atomic mass is 9.87. The second kappa shape index (κ2) is 6.35. The number of aromatic nitrogens is 1. The van der Waals surface area contributed by atoms with Crippen LogP contribution in [0.4, 0.5) is 5.69 Å². The first-order chi connectivity index (χ1) is 12.9. The van der Waals surface area contributed by atoms with Crippen molar-refractivity contribution in [1.82, 2.24) is 9.88 Å². The molecule has 0 bridgehead atoms. The molecular weight excluding hydrogens is 366 g/mol. The number of aliphatic imine (C=N–C) groups is 1. The van der Waals surface area contributed by atoms with Crippen molar-refractivity contribution < 1.29 is 9.59 Å². The van der Waals surface area contributed by atoms with Crippen LogP contribution in [-0.4, -0.2) is 34.7 Å². The van der Waals surface area contributed by atoms with Gasteiger partial charge >= 0.3 is 0 Å². The molecule has 0 fully saturated rings. The Morgan fingerprint density at radius 3 is 2.85 bits per heavy atom. The molecule has 3 N–H and O–H groups in total. The van der Waals surface area contributed by atoms with Gasteiger partial charge in [0, 0.05) is 18.9 Å². The van der Waals surface area contributed by atoms with Crippen LogP contribution in [0.1, 0.15) is 34.5 Å². The molecule has 1 aromatic heterocycles. The van der Waals surface area contributed by atoms with E-state index in [1.165, 1.54) is 11.1 Å². The van der Waals surface area contributed by atoms with Crippen molar-refractivity contribution >= 4 is 35.1 Å². The van der Waals surface area contributed by atoms with Crippen molar-refractivity contribution in [3.05, 3.63) is 58.4 Å². The van der Waals surface area contributed by atoms with Gasteiger partial charge in [0.15, 0.2) is 5.96 Å². The summed E-state index contributed by atoms with van der Waals surface area (Å²) in [6.07, 6.45) is 3.23. The van der Waals surface area contributed by atoms with Gasteiger partial charge in [0.25, 0.3) is 5.91 Å². The third kappa shape index (κ3) is 3.04. The minimum absolute atomic E-state index is 0.0600. The fourth-order valence-electron chi connectivity index (χ4n) is 3.62. The van der Waals surface area contributed by atoms with Crippen molar-refractivity contribution in [2.45, 2.75) is 24.8 Å². The number of hydrogen-bond acceptors (Lipinski definition) is 5. The van der Waals surface area contributed by atoms with E-state index >= 15 is 0 Å². The highest BCUT2D eigenvalue weighted by molar-refractivity contribution is 6.30. The Bertz CT molecular complexity index is 973. The zero-order valence-electron chi connectivity index (χ0n) is 14.7. The number of nitrogens with one attached hydrogen (secondary N) is 1. The van der Waals surface area contributed by atoms with Crippen LogP contribution in [0.2, 0.25) is 5.02 Å². The summed E-state index contributed by atoms with van der Waals surface area (Å²) in [5, 5.41) is 3.31. The van der Waals surface area contributed by atoms with Crippen LogP contribution in [0.15, 0.2) is 41.5 Å². The van der Waals surface area contributed by atoms with Gasteiger partial charge in [-0.2, -0.15) is 0 Å². The molecule has 27 heavy (non-hydrogen) atoms. The highest BCUT2D eigenvalue weighted by atomic mass is 35.5. The molecule has 1 atom stereocenters. The SMILES string of the molecule is CN1C(=O)C[C@]2(CCc3ccc(NC(=O)c4ccc(Cl)cn4)cc32)N=C1N. The first-order valence-electron chi connectivity index (χ1n) is 8.56. The number of carbonyl (C=O) groups excluding carboxylic acids is 2. The molecule has 0 unspecified atom stereocenters. The predicted molar refractivity (Wildman–Crippen MR) is 103 cm³/mol. The molecule has 7 nitrogen and oxygen atoms in total. The zero-order chi connectivity index (χ0) is 19.2. The number of hydrogen-bond donors (Lipinski definition) is 2. The maximum Gasteiger partial charge on any atom is 0.274 e. The smallest absolute Gasteiger partial charge is 0.274 e. The third-order valence-corrected chi connectivity index (χ3v) is 5.35. The van der Waals surface area contributed by atoms with Crippen LogP contribution in [0.25, 0.3) is 0 Å². The van der Waals surface area contributed by atoms with Crippen molar-refractivity contribution in [1.29, 1.82) is 0 Å². The van der Waals surface area contributed by atoms with Gasteiger partial charge in [0.05, 0.1) is 17.0 Å². The highest BCUT2D eigenvalue weighted by Crippen LogP contribution is 2.45. The maximum atomic E-state index is 12.4. The molecular formula is C19H18ClN5O2. The summed E-state index contributed by atoms with van der Waals surface area (Å²) in [6.45, 7) is 0. The Morgan fingerprint density at radius 1 is 1.33 bits per heavy atom. The summed E-state index contributed by atoms with van der Waals surface area (Å²) in [6, 6.07) is 8.86. The number of fused-ring (bicyclic) bond motifs is 2. The van der Waals surface area contributed by atoms with Crippen LogP contribution in [0.3, 0.4) is 0 Å². The molecule has 1 aliphatic carbocycles. The van der Waals surface area contributed by atoms with Gasteiger partial charge < -0.3 is 11.1 Å². The highest BCUT2D eigenvalue weighted by Gasteiger charge is 2.44. The van der Waals surface area contributed by atoms with Gasteiger partial charge in [0.2, 0.25) is 5.91 Å². The van der Waals surface area contributed by atoms with Crippen molar-refractivity contribution in [2.24, 2.45) is 10.7 Å². The average Bonchev–Trinajstić information content (AvgIpc) is 2.98. The zero-order valence-corrected chi connectivity index (χ0v) is 15.5. The first kappa shape index (κ1) is 17.5. The Hall–Kier alpha value is -2.93. The van der Waals surface area contributed by atoms with E-state index in [4.69, 9.17) is 17.3 Å². The summed E-state index contributed by atoms with van der Waals surface area (Å²) < 4.78 is 0. The number of halogens is 1. The number of amides is 2. The van der Waals surface area contributed by atoms with E-state index in [-0.39, 0.29) is 29.9 Å². The second-order valence-corrected chi connectivity index (χ2v) is 7.26. The van der Waals surface area contributed by atoms with E-state index in [0.717, 1.165) is 24.0 Å².